The van der Waals surface area contributed by atoms with Gasteiger partial charge in [0.25, 0.3) is 0 Å². The average molecular weight is 454 g/mol. The number of H-pyrrole nitrogens is 1. The Morgan fingerprint density at radius 2 is 1.68 bits per heavy atom. The maximum absolute atomic E-state index is 11.8. The number of carboxylic acid groups (broad SMARTS) is 1. The summed E-state index contributed by atoms with van der Waals surface area (Å²) in [7, 11) is 0. The minimum atomic E-state index is -0.968. The number of benzene rings is 3. The van der Waals surface area contributed by atoms with Gasteiger partial charge in [-0.1, -0.05) is 74.2 Å². The molecular formula is C29H31N3O2. The molecule has 0 saturated heterocycles. The Hall–Kier alpha value is -3.44. The summed E-state index contributed by atoms with van der Waals surface area (Å²) in [6, 6.07) is 21.3. The van der Waals surface area contributed by atoms with E-state index < -0.39 is 5.97 Å². The van der Waals surface area contributed by atoms with E-state index in [1.807, 2.05) is 13.0 Å². The van der Waals surface area contributed by atoms with Gasteiger partial charge in [-0.2, -0.15) is 0 Å². The van der Waals surface area contributed by atoms with E-state index in [9.17, 15) is 9.90 Å². The summed E-state index contributed by atoms with van der Waals surface area (Å²) in [5.74, 6) is -0.260. The van der Waals surface area contributed by atoms with Crippen molar-refractivity contribution in [1.29, 1.82) is 0 Å². The molecule has 1 aliphatic carbocycles. The number of imidazole rings is 1. The van der Waals surface area contributed by atoms with Crippen LogP contribution in [0.2, 0.25) is 0 Å². The molecule has 0 aliphatic heterocycles. The van der Waals surface area contributed by atoms with Gasteiger partial charge in [-0.05, 0) is 59.7 Å². The summed E-state index contributed by atoms with van der Waals surface area (Å²) < 4.78 is 0. The number of aromatic nitrogens is 2. The molecule has 0 atom stereocenters. The van der Waals surface area contributed by atoms with Crippen molar-refractivity contribution < 1.29 is 9.90 Å². The van der Waals surface area contributed by atoms with Crippen LogP contribution in [0, 0.1) is 6.92 Å². The summed E-state index contributed by atoms with van der Waals surface area (Å²) in [4.78, 5) is 19.3. The number of rotatable bonds is 6. The fourth-order valence-corrected chi connectivity index (χ4v) is 5.11. The third-order valence-corrected chi connectivity index (χ3v) is 6.92. The molecule has 5 heteroatoms. The molecular weight excluding hydrogens is 422 g/mol. The standard InChI is InChI=1S/C29H31N3O2/c1-19-31-27-17-23(16-26(29(33)34)28(27)32-19)20-12-14-21(15-13-20)25-11-7-6-8-22(25)18-30-24-9-4-2-3-5-10-24/h6-8,11-17,24,30H,2-5,9-10,18H2,1H3,(H,31,32)(H,33,34). The highest BCUT2D eigenvalue weighted by Gasteiger charge is 2.16. The van der Waals surface area contributed by atoms with E-state index in [0.29, 0.717) is 17.4 Å². The molecule has 1 saturated carbocycles. The van der Waals surface area contributed by atoms with Crippen LogP contribution in [0.5, 0.6) is 0 Å². The average Bonchev–Trinajstić information content (AvgIpc) is 3.04. The summed E-state index contributed by atoms with van der Waals surface area (Å²) in [5.41, 5.74) is 7.02. The molecule has 0 bridgehead atoms. The Morgan fingerprint density at radius 3 is 2.41 bits per heavy atom. The number of aromatic amines is 1. The first kappa shape index (κ1) is 22.4. The fourth-order valence-electron chi connectivity index (χ4n) is 5.11. The number of hydrogen-bond donors (Lipinski definition) is 3. The first-order chi connectivity index (χ1) is 16.6. The number of nitrogens with zero attached hydrogens (tertiary/aromatic N) is 1. The molecule has 0 spiro atoms. The maximum Gasteiger partial charge on any atom is 0.337 e. The van der Waals surface area contributed by atoms with Crippen LogP contribution in [0.1, 0.15) is 60.3 Å². The van der Waals surface area contributed by atoms with Gasteiger partial charge in [0.05, 0.1) is 11.1 Å². The predicted octanol–water partition coefficient (Wildman–Crippen LogP) is 6.72. The largest absolute Gasteiger partial charge is 0.478 e. The van der Waals surface area contributed by atoms with Gasteiger partial charge in [-0.25, -0.2) is 9.78 Å². The smallest absolute Gasteiger partial charge is 0.337 e. The number of hydrogen-bond acceptors (Lipinski definition) is 3. The van der Waals surface area contributed by atoms with E-state index in [4.69, 9.17) is 0 Å². The number of fused-ring (bicyclic) bond motifs is 1. The van der Waals surface area contributed by atoms with Gasteiger partial charge in [-0.3, -0.25) is 0 Å². The first-order valence-electron chi connectivity index (χ1n) is 12.2. The molecule has 1 aromatic heterocycles. The van der Waals surface area contributed by atoms with Crippen molar-refractivity contribution in [2.75, 3.05) is 0 Å². The Kier molecular flexibility index (Phi) is 6.45. The van der Waals surface area contributed by atoms with Gasteiger partial charge in [-0.15, -0.1) is 0 Å². The van der Waals surface area contributed by atoms with E-state index in [1.165, 1.54) is 55.2 Å². The second-order valence-corrected chi connectivity index (χ2v) is 9.35. The zero-order valence-corrected chi connectivity index (χ0v) is 19.6. The van der Waals surface area contributed by atoms with Crippen molar-refractivity contribution in [1.82, 2.24) is 15.3 Å². The van der Waals surface area contributed by atoms with Crippen LogP contribution in [0.4, 0.5) is 0 Å². The van der Waals surface area contributed by atoms with Crippen molar-refractivity contribution in [2.45, 2.75) is 58.0 Å². The predicted molar refractivity (Wildman–Crippen MR) is 137 cm³/mol. The normalized spacial score (nSPS) is 14.9. The highest BCUT2D eigenvalue weighted by Crippen LogP contribution is 2.30. The quantitative estimate of drug-likeness (QED) is 0.283. The molecule has 34 heavy (non-hydrogen) atoms. The minimum absolute atomic E-state index is 0.218. The fraction of sp³-hybridized carbons (Fsp3) is 0.310. The van der Waals surface area contributed by atoms with E-state index >= 15 is 0 Å². The highest BCUT2D eigenvalue weighted by molar-refractivity contribution is 6.03. The van der Waals surface area contributed by atoms with Crippen molar-refractivity contribution >= 4 is 17.0 Å². The van der Waals surface area contributed by atoms with Gasteiger partial charge in [0.2, 0.25) is 0 Å². The van der Waals surface area contributed by atoms with Crippen molar-refractivity contribution in [3.05, 3.63) is 77.6 Å². The molecule has 0 unspecified atom stereocenters. The molecule has 174 valence electrons. The van der Waals surface area contributed by atoms with E-state index in [1.54, 1.807) is 6.07 Å². The highest BCUT2D eigenvalue weighted by atomic mass is 16.4. The lowest BCUT2D eigenvalue weighted by Crippen LogP contribution is -2.28. The zero-order chi connectivity index (χ0) is 23.5. The summed E-state index contributed by atoms with van der Waals surface area (Å²) >= 11 is 0. The van der Waals surface area contributed by atoms with Crippen molar-refractivity contribution in [3.63, 3.8) is 0 Å². The second-order valence-electron chi connectivity index (χ2n) is 9.35. The molecule has 3 aromatic carbocycles. The topological polar surface area (TPSA) is 78.0 Å². The third-order valence-electron chi connectivity index (χ3n) is 6.92. The Bertz CT molecular complexity index is 1300. The van der Waals surface area contributed by atoms with Gasteiger partial charge in [0.15, 0.2) is 0 Å². The first-order valence-corrected chi connectivity index (χ1v) is 12.2. The van der Waals surface area contributed by atoms with Crippen LogP contribution in [-0.2, 0) is 6.54 Å². The van der Waals surface area contributed by atoms with Gasteiger partial charge in [0, 0.05) is 12.6 Å². The molecule has 5 rings (SSSR count). The number of nitrogens with one attached hydrogen (secondary N) is 2. The molecule has 1 fully saturated rings. The SMILES string of the molecule is Cc1nc2c(C(=O)O)cc(-c3ccc(-c4ccccc4CNC4CCCCCC4)cc3)cc2[nH]1. The molecule has 3 N–H and O–H groups in total. The molecule has 4 aromatic rings. The van der Waals surface area contributed by atoms with Crippen molar-refractivity contribution in [3.8, 4) is 22.3 Å². The molecule has 5 nitrogen and oxygen atoms in total. The maximum atomic E-state index is 11.8. The molecule has 0 amide bonds. The van der Waals surface area contributed by atoms with Gasteiger partial charge < -0.3 is 15.4 Å². The van der Waals surface area contributed by atoms with Crippen LogP contribution in [-0.4, -0.2) is 27.1 Å². The van der Waals surface area contributed by atoms with Crippen LogP contribution >= 0.6 is 0 Å². The number of carboxylic acids is 1. The van der Waals surface area contributed by atoms with Crippen LogP contribution in [0.15, 0.2) is 60.7 Å². The van der Waals surface area contributed by atoms with Crippen molar-refractivity contribution in [2.24, 2.45) is 0 Å². The minimum Gasteiger partial charge on any atom is -0.478 e. The van der Waals surface area contributed by atoms with E-state index in [-0.39, 0.29) is 5.56 Å². The zero-order valence-electron chi connectivity index (χ0n) is 19.6. The molecule has 1 aliphatic rings. The Morgan fingerprint density at radius 1 is 0.971 bits per heavy atom. The number of aryl methyl sites for hydroxylation is 1. The lowest BCUT2D eigenvalue weighted by Gasteiger charge is -2.18. The number of carbonyl (C=O) groups is 1. The Balaban J connectivity index is 1.40. The summed E-state index contributed by atoms with van der Waals surface area (Å²) in [6.45, 7) is 2.71. The monoisotopic (exact) mass is 453 g/mol. The van der Waals surface area contributed by atoms with E-state index in [0.717, 1.165) is 23.2 Å². The molecule has 0 radical (unpaired) electrons. The lowest BCUT2D eigenvalue weighted by atomic mass is 9.96. The van der Waals surface area contributed by atoms with Crippen LogP contribution < -0.4 is 5.32 Å². The second kappa shape index (κ2) is 9.82. The molecule has 1 heterocycles. The third kappa shape index (κ3) is 4.75. The van der Waals surface area contributed by atoms with Gasteiger partial charge >= 0.3 is 5.97 Å². The van der Waals surface area contributed by atoms with Gasteiger partial charge in [0.1, 0.15) is 11.3 Å². The number of aromatic carboxylic acids is 1. The Labute approximate surface area is 200 Å². The van der Waals surface area contributed by atoms with Crippen LogP contribution in [0.3, 0.4) is 0 Å². The summed E-state index contributed by atoms with van der Waals surface area (Å²) in [6.07, 6.45) is 7.93. The van der Waals surface area contributed by atoms with E-state index in [2.05, 4.69) is 63.8 Å². The summed E-state index contributed by atoms with van der Waals surface area (Å²) in [5, 5.41) is 13.5. The van der Waals surface area contributed by atoms with Crippen LogP contribution in [0.25, 0.3) is 33.3 Å². The lowest BCUT2D eigenvalue weighted by molar-refractivity contribution is 0.0699.